The van der Waals surface area contributed by atoms with Crippen molar-refractivity contribution in [2.75, 3.05) is 20.1 Å². The second-order valence-corrected chi connectivity index (χ2v) is 3.59. The van der Waals surface area contributed by atoms with Crippen LogP contribution in [0.3, 0.4) is 0 Å². The molecule has 0 aliphatic rings. The standard InChI is InChI=1S/C10H24N2/c1-4-10(2)12(3)9-7-5-6-8-11/h10H,4-9,11H2,1-3H3. The number of unbranched alkanes of at least 4 members (excludes halogenated alkanes) is 2. The first-order valence-electron chi connectivity index (χ1n) is 5.12. The highest BCUT2D eigenvalue weighted by Crippen LogP contribution is 2.02. The first-order chi connectivity index (χ1) is 5.72. The summed E-state index contributed by atoms with van der Waals surface area (Å²) >= 11 is 0. The van der Waals surface area contributed by atoms with Gasteiger partial charge in [-0.15, -0.1) is 0 Å². The predicted octanol–water partition coefficient (Wildman–Crippen LogP) is 1.85. The molecule has 2 heteroatoms. The molecule has 0 saturated carbocycles. The lowest BCUT2D eigenvalue weighted by Gasteiger charge is -2.23. The van der Waals surface area contributed by atoms with Gasteiger partial charge in [0.25, 0.3) is 0 Å². The summed E-state index contributed by atoms with van der Waals surface area (Å²) < 4.78 is 0. The summed E-state index contributed by atoms with van der Waals surface area (Å²) in [6.07, 6.45) is 4.98. The minimum absolute atomic E-state index is 0.725. The molecule has 0 aromatic carbocycles. The van der Waals surface area contributed by atoms with Crippen LogP contribution in [-0.4, -0.2) is 31.1 Å². The Labute approximate surface area is 77.1 Å². The summed E-state index contributed by atoms with van der Waals surface area (Å²) in [4.78, 5) is 2.43. The van der Waals surface area contributed by atoms with Crippen molar-refractivity contribution in [1.29, 1.82) is 0 Å². The summed E-state index contributed by atoms with van der Waals surface area (Å²) in [6.45, 7) is 6.58. The van der Waals surface area contributed by atoms with Crippen LogP contribution in [0.2, 0.25) is 0 Å². The van der Waals surface area contributed by atoms with E-state index in [4.69, 9.17) is 5.73 Å². The Morgan fingerprint density at radius 3 is 2.42 bits per heavy atom. The molecule has 0 amide bonds. The van der Waals surface area contributed by atoms with E-state index in [0.29, 0.717) is 0 Å². The van der Waals surface area contributed by atoms with E-state index in [-0.39, 0.29) is 0 Å². The lowest BCUT2D eigenvalue weighted by Crippen LogP contribution is -2.29. The zero-order valence-electron chi connectivity index (χ0n) is 8.84. The summed E-state index contributed by atoms with van der Waals surface area (Å²) in [5.74, 6) is 0. The third kappa shape index (κ3) is 5.56. The molecule has 0 radical (unpaired) electrons. The van der Waals surface area contributed by atoms with Gasteiger partial charge in [0.1, 0.15) is 0 Å². The lowest BCUT2D eigenvalue weighted by molar-refractivity contribution is 0.246. The molecule has 0 saturated heterocycles. The Hall–Kier alpha value is -0.0800. The van der Waals surface area contributed by atoms with Crippen molar-refractivity contribution >= 4 is 0 Å². The zero-order valence-corrected chi connectivity index (χ0v) is 8.84. The van der Waals surface area contributed by atoms with Crippen molar-refractivity contribution in [3.8, 4) is 0 Å². The van der Waals surface area contributed by atoms with E-state index in [0.717, 1.165) is 12.6 Å². The van der Waals surface area contributed by atoms with Crippen molar-refractivity contribution in [3.05, 3.63) is 0 Å². The second-order valence-electron chi connectivity index (χ2n) is 3.59. The smallest absolute Gasteiger partial charge is 0.00612 e. The molecule has 0 spiro atoms. The van der Waals surface area contributed by atoms with Crippen LogP contribution in [0.25, 0.3) is 0 Å². The average Bonchev–Trinajstić information content (AvgIpc) is 2.10. The first kappa shape index (κ1) is 11.9. The Morgan fingerprint density at radius 1 is 1.25 bits per heavy atom. The van der Waals surface area contributed by atoms with Crippen molar-refractivity contribution in [1.82, 2.24) is 4.90 Å². The van der Waals surface area contributed by atoms with Gasteiger partial charge in [0.15, 0.2) is 0 Å². The molecule has 0 bridgehead atoms. The molecule has 0 heterocycles. The molecule has 12 heavy (non-hydrogen) atoms. The molecule has 2 nitrogen and oxygen atoms in total. The van der Waals surface area contributed by atoms with Crippen LogP contribution in [0.4, 0.5) is 0 Å². The maximum atomic E-state index is 5.42. The minimum atomic E-state index is 0.725. The normalized spacial score (nSPS) is 13.8. The third-order valence-electron chi connectivity index (χ3n) is 2.56. The summed E-state index contributed by atoms with van der Waals surface area (Å²) in [7, 11) is 2.20. The van der Waals surface area contributed by atoms with E-state index >= 15 is 0 Å². The van der Waals surface area contributed by atoms with Gasteiger partial charge in [-0.2, -0.15) is 0 Å². The summed E-state index contributed by atoms with van der Waals surface area (Å²) in [5, 5.41) is 0. The summed E-state index contributed by atoms with van der Waals surface area (Å²) in [5.41, 5.74) is 5.42. The van der Waals surface area contributed by atoms with Gasteiger partial charge in [-0.3, -0.25) is 0 Å². The van der Waals surface area contributed by atoms with Crippen molar-refractivity contribution < 1.29 is 0 Å². The van der Waals surface area contributed by atoms with E-state index in [1.165, 1.54) is 32.2 Å². The Balaban J connectivity index is 3.24. The third-order valence-corrected chi connectivity index (χ3v) is 2.56. The van der Waals surface area contributed by atoms with Crippen LogP contribution in [0, 0.1) is 0 Å². The lowest BCUT2D eigenvalue weighted by atomic mass is 10.2. The highest BCUT2D eigenvalue weighted by Gasteiger charge is 2.04. The molecular weight excluding hydrogens is 148 g/mol. The molecule has 1 unspecified atom stereocenters. The van der Waals surface area contributed by atoms with Crippen LogP contribution in [0.15, 0.2) is 0 Å². The van der Waals surface area contributed by atoms with E-state index in [2.05, 4.69) is 25.8 Å². The number of nitrogens with two attached hydrogens (primary N) is 1. The van der Waals surface area contributed by atoms with Crippen LogP contribution in [0.1, 0.15) is 39.5 Å². The molecule has 0 rings (SSSR count). The molecule has 0 aromatic heterocycles. The molecule has 0 aromatic rings. The highest BCUT2D eigenvalue weighted by molar-refractivity contribution is 4.60. The highest BCUT2D eigenvalue weighted by atomic mass is 15.1. The molecule has 74 valence electrons. The molecule has 2 N–H and O–H groups in total. The fourth-order valence-corrected chi connectivity index (χ4v) is 1.21. The van der Waals surface area contributed by atoms with Gasteiger partial charge in [0, 0.05) is 6.04 Å². The van der Waals surface area contributed by atoms with Crippen LogP contribution >= 0.6 is 0 Å². The Bertz CT molecular complexity index is 93.8. The second kappa shape index (κ2) is 7.56. The number of nitrogens with zero attached hydrogens (tertiary/aromatic N) is 1. The van der Waals surface area contributed by atoms with Gasteiger partial charge in [0.05, 0.1) is 0 Å². The van der Waals surface area contributed by atoms with Crippen LogP contribution in [0.5, 0.6) is 0 Å². The molecule has 0 fully saturated rings. The van der Waals surface area contributed by atoms with E-state index in [1.807, 2.05) is 0 Å². The van der Waals surface area contributed by atoms with Gasteiger partial charge in [-0.25, -0.2) is 0 Å². The van der Waals surface area contributed by atoms with Gasteiger partial charge in [0.2, 0.25) is 0 Å². The zero-order chi connectivity index (χ0) is 9.40. The maximum Gasteiger partial charge on any atom is 0.00612 e. The Morgan fingerprint density at radius 2 is 1.92 bits per heavy atom. The summed E-state index contributed by atoms with van der Waals surface area (Å²) in [6, 6.07) is 0.725. The number of hydrogen-bond donors (Lipinski definition) is 1. The van der Waals surface area contributed by atoms with Crippen LogP contribution in [-0.2, 0) is 0 Å². The first-order valence-corrected chi connectivity index (χ1v) is 5.12. The van der Waals surface area contributed by atoms with E-state index in [1.54, 1.807) is 0 Å². The van der Waals surface area contributed by atoms with Crippen molar-refractivity contribution in [2.45, 2.75) is 45.6 Å². The fourth-order valence-electron chi connectivity index (χ4n) is 1.21. The number of rotatable bonds is 7. The molecule has 1 atom stereocenters. The van der Waals surface area contributed by atoms with Gasteiger partial charge >= 0.3 is 0 Å². The predicted molar refractivity (Wildman–Crippen MR) is 55.3 cm³/mol. The van der Waals surface area contributed by atoms with Crippen molar-refractivity contribution in [3.63, 3.8) is 0 Å². The molecular formula is C10H24N2. The average molecular weight is 172 g/mol. The SMILES string of the molecule is CCC(C)N(C)CCCCCN. The van der Waals surface area contributed by atoms with Gasteiger partial charge < -0.3 is 10.6 Å². The minimum Gasteiger partial charge on any atom is -0.330 e. The topological polar surface area (TPSA) is 29.3 Å². The van der Waals surface area contributed by atoms with Crippen molar-refractivity contribution in [2.24, 2.45) is 5.73 Å². The van der Waals surface area contributed by atoms with Gasteiger partial charge in [-0.1, -0.05) is 13.3 Å². The maximum absolute atomic E-state index is 5.42. The fraction of sp³-hybridized carbons (Fsp3) is 1.00. The monoisotopic (exact) mass is 172 g/mol. The van der Waals surface area contributed by atoms with Gasteiger partial charge in [-0.05, 0) is 46.3 Å². The molecule has 0 aliphatic carbocycles. The largest absolute Gasteiger partial charge is 0.330 e. The van der Waals surface area contributed by atoms with E-state index in [9.17, 15) is 0 Å². The number of hydrogen-bond acceptors (Lipinski definition) is 2. The van der Waals surface area contributed by atoms with E-state index < -0.39 is 0 Å². The van der Waals surface area contributed by atoms with Crippen LogP contribution < -0.4 is 5.73 Å². The Kier molecular flexibility index (Phi) is 7.51. The molecule has 0 aliphatic heterocycles. The quantitative estimate of drug-likeness (QED) is 0.594.